The van der Waals surface area contributed by atoms with Gasteiger partial charge in [-0.1, -0.05) is 16.8 Å². The summed E-state index contributed by atoms with van der Waals surface area (Å²) in [7, 11) is 1.96. The van der Waals surface area contributed by atoms with Crippen LogP contribution in [0.1, 0.15) is 24.6 Å². The van der Waals surface area contributed by atoms with Gasteiger partial charge in [0.1, 0.15) is 12.1 Å². The Kier molecular flexibility index (Phi) is 4.15. The number of benzene rings is 1. The smallest absolute Gasteiger partial charge is 0.280 e. The number of imidazole rings is 1. The molecule has 0 amide bonds. The third-order valence-electron chi connectivity index (χ3n) is 5.48. The van der Waals surface area contributed by atoms with Crippen molar-refractivity contribution in [2.75, 3.05) is 31.7 Å². The first-order chi connectivity index (χ1) is 14.7. The van der Waals surface area contributed by atoms with Crippen LogP contribution in [0.25, 0.3) is 28.1 Å². The highest BCUT2D eigenvalue weighted by atomic mass is 35.5. The molecule has 4 aromatic rings. The Morgan fingerprint density at radius 1 is 1.20 bits per heavy atom. The Labute approximate surface area is 176 Å². The van der Waals surface area contributed by atoms with Crippen molar-refractivity contribution in [2.45, 2.75) is 25.0 Å². The van der Waals surface area contributed by atoms with Crippen LogP contribution in [0.15, 0.2) is 29.0 Å². The van der Waals surface area contributed by atoms with Crippen LogP contribution >= 0.6 is 11.6 Å². The number of halogens is 1. The molecule has 30 heavy (non-hydrogen) atoms. The van der Waals surface area contributed by atoms with Crippen LogP contribution in [0.4, 0.5) is 5.82 Å². The summed E-state index contributed by atoms with van der Waals surface area (Å²) in [5.74, 6) is 2.28. The topological polar surface area (TPSA) is 90.8 Å². The zero-order valence-electron chi connectivity index (χ0n) is 16.3. The fourth-order valence-electron chi connectivity index (χ4n) is 3.79. The highest BCUT2D eigenvalue weighted by Crippen LogP contribution is 2.39. The number of likely N-dealkylation sites (N-methyl/N-ethyl adjacent to an activating group) is 1. The van der Waals surface area contributed by atoms with Gasteiger partial charge in [-0.3, -0.25) is 4.40 Å². The highest BCUT2D eigenvalue weighted by molar-refractivity contribution is 6.31. The normalized spacial score (nSPS) is 17.4. The van der Waals surface area contributed by atoms with Crippen LogP contribution in [-0.2, 0) is 9.47 Å². The fourth-order valence-corrected chi connectivity index (χ4v) is 3.96. The van der Waals surface area contributed by atoms with Crippen LogP contribution in [0, 0.1) is 0 Å². The third kappa shape index (κ3) is 3.01. The second-order valence-corrected chi connectivity index (χ2v) is 8.10. The number of nitrogens with zero attached hydrogens (tertiary/aromatic N) is 6. The van der Waals surface area contributed by atoms with Crippen molar-refractivity contribution in [1.82, 2.24) is 24.5 Å². The molecule has 0 spiro atoms. The lowest BCUT2D eigenvalue weighted by Crippen LogP contribution is -2.30. The van der Waals surface area contributed by atoms with Crippen LogP contribution in [0.3, 0.4) is 0 Å². The van der Waals surface area contributed by atoms with Crippen molar-refractivity contribution in [1.29, 1.82) is 0 Å². The molecule has 4 heterocycles. The minimum Gasteiger partial charge on any atom is -0.354 e. The maximum absolute atomic E-state index is 6.30. The molecule has 154 valence electrons. The van der Waals surface area contributed by atoms with E-state index < -0.39 is 0 Å². The van der Waals surface area contributed by atoms with Gasteiger partial charge in [-0.2, -0.15) is 4.98 Å². The average molecular weight is 427 g/mol. The predicted molar refractivity (Wildman–Crippen MR) is 110 cm³/mol. The Hall–Kier alpha value is -2.75. The van der Waals surface area contributed by atoms with Gasteiger partial charge in [-0.25, -0.2) is 9.97 Å². The maximum atomic E-state index is 6.30. The van der Waals surface area contributed by atoms with E-state index in [2.05, 4.69) is 15.1 Å². The SMILES string of the molecule is CN(CC1OCCO1)c1nc2c(-c3nc(C4CC4)no3)ncn2c2ccc(Cl)cc12. The second kappa shape index (κ2) is 6.90. The van der Waals surface area contributed by atoms with E-state index in [1.54, 1.807) is 6.33 Å². The molecule has 0 radical (unpaired) electrons. The Balaban J connectivity index is 1.50. The van der Waals surface area contributed by atoms with Gasteiger partial charge < -0.3 is 18.9 Å². The number of hydrogen-bond donors (Lipinski definition) is 0. The number of aromatic nitrogens is 5. The molecular weight excluding hydrogens is 408 g/mol. The molecule has 1 saturated heterocycles. The van der Waals surface area contributed by atoms with Gasteiger partial charge in [0.2, 0.25) is 0 Å². The lowest BCUT2D eigenvalue weighted by atomic mass is 10.2. The quantitative estimate of drug-likeness (QED) is 0.480. The van der Waals surface area contributed by atoms with Crippen LogP contribution in [0.2, 0.25) is 5.02 Å². The molecule has 1 aliphatic carbocycles. The van der Waals surface area contributed by atoms with E-state index >= 15 is 0 Å². The number of anilines is 1. The molecule has 1 aromatic carbocycles. The van der Waals surface area contributed by atoms with Crippen molar-refractivity contribution in [3.8, 4) is 11.6 Å². The molecule has 0 unspecified atom stereocenters. The van der Waals surface area contributed by atoms with E-state index in [9.17, 15) is 0 Å². The van der Waals surface area contributed by atoms with E-state index in [0.717, 1.165) is 35.4 Å². The van der Waals surface area contributed by atoms with Crippen LogP contribution in [0.5, 0.6) is 0 Å². The van der Waals surface area contributed by atoms with Crippen molar-refractivity contribution in [3.05, 3.63) is 35.4 Å². The molecule has 3 aromatic heterocycles. The standard InChI is InChI=1S/C20H19ClN6O3/c1-26(9-15-28-6-7-29-15)18-13-8-12(21)4-5-14(13)27-10-22-16(19(27)24-18)20-23-17(25-30-20)11-2-3-11/h4-5,8,10-11,15H,2-3,6-7,9H2,1H3. The summed E-state index contributed by atoms with van der Waals surface area (Å²) in [5.41, 5.74) is 2.14. The summed E-state index contributed by atoms with van der Waals surface area (Å²) >= 11 is 6.30. The number of ether oxygens (including phenoxy) is 2. The molecule has 1 saturated carbocycles. The summed E-state index contributed by atoms with van der Waals surface area (Å²) in [5, 5.41) is 5.66. The Morgan fingerprint density at radius 3 is 2.83 bits per heavy atom. The van der Waals surface area contributed by atoms with Gasteiger partial charge >= 0.3 is 0 Å². The summed E-state index contributed by atoms with van der Waals surface area (Å²) < 4.78 is 18.6. The lowest BCUT2D eigenvalue weighted by Gasteiger charge is -2.23. The van der Waals surface area contributed by atoms with E-state index in [1.807, 2.05) is 34.5 Å². The Morgan fingerprint density at radius 2 is 2.03 bits per heavy atom. The monoisotopic (exact) mass is 426 g/mol. The Bertz CT molecular complexity index is 1240. The molecular formula is C20H19ClN6O3. The van der Waals surface area contributed by atoms with Crippen molar-refractivity contribution >= 4 is 34.0 Å². The molecule has 0 atom stereocenters. The van der Waals surface area contributed by atoms with Gasteiger partial charge in [-0.15, -0.1) is 0 Å². The molecule has 0 N–H and O–H groups in total. The highest BCUT2D eigenvalue weighted by Gasteiger charge is 2.30. The molecule has 0 bridgehead atoms. The first kappa shape index (κ1) is 18.1. The van der Waals surface area contributed by atoms with Gasteiger partial charge in [0, 0.05) is 23.4 Å². The molecule has 10 heteroatoms. The largest absolute Gasteiger partial charge is 0.354 e. The van der Waals surface area contributed by atoms with Crippen molar-refractivity contribution < 1.29 is 14.0 Å². The number of hydrogen-bond acceptors (Lipinski definition) is 8. The van der Waals surface area contributed by atoms with E-state index in [4.69, 9.17) is 30.6 Å². The third-order valence-corrected chi connectivity index (χ3v) is 5.71. The zero-order chi connectivity index (χ0) is 20.2. The minimum absolute atomic E-state index is 0.288. The van der Waals surface area contributed by atoms with E-state index in [0.29, 0.717) is 47.9 Å². The molecule has 9 nitrogen and oxygen atoms in total. The van der Waals surface area contributed by atoms with Gasteiger partial charge in [0.05, 0.1) is 25.3 Å². The maximum Gasteiger partial charge on any atom is 0.280 e. The molecule has 6 rings (SSSR count). The van der Waals surface area contributed by atoms with Crippen LogP contribution < -0.4 is 4.90 Å². The first-order valence-corrected chi connectivity index (χ1v) is 10.3. The molecule has 2 aliphatic rings. The summed E-state index contributed by atoms with van der Waals surface area (Å²) in [6.07, 6.45) is 3.64. The second-order valence-electron chi connectivity index (χ2n) is 7.67. The summed E-state index contributed by atoms with van der Waals surface area (Å²) in [6.45, 7) is 1.75. The van der Waals surface area contributed by atoms with E-state index in [1.165, 1.54) is 0 Å². The lowest BCUT2D eigenvalue weighted by molar-refractivity contribution is -0.0336. The molecule has 2 fully saturated rings. The van der Waals surface area contributed by atoms with Gasteiger partial charge in [0.15, 0.2) is 23.5 Å². The summed E-state index contributed by atoms with van der Waals surface area (Å²) in [4.78, 5) is 16.0. The number of rotatable bonds is 5. The predicted octanol–water partition coefficient (Wildman–Crippen LogP) is 3.27. The fraction of sp³-hybridized carbons (Fsp3) is 0.400. The van der Waals surface area contributed by atoms with Crippen molar-refractivity contribution in [2.24, 2.45) is 0 Å². The summed E-state index contributed by atoms with van der Waals surface area (Å²) in [6, 6.07) is 5.72. The minimum atomic E-state index is -0.288. The zero-order valence-corrected chi connectivity index (χ0v) is 17.0. The van der Waals surface area contributed by atoms with Gasteiger partial charge in [0.25, 0.3) is 5.89 Å². The van der Waals surface area contributed by atoms with Crippen molar-refractivity contribution in [3.63, 3.8) is 0 Å². The number of fused-ring (bicyclic) bond motifs is 3. The molecule has 1 aliphatic heterocycles. The van der Waals surface area contributed by atoms with Crippen LogP contribution in [-0.4, -0.2) is 57.6 Å². The average Bonchev–Trinajstić information content (AvgIpc) is 3.13. The van der Waals surface area contributed by atoms with E-state index in [-0.39, 0.29) is 6.29 Å². The van der Waals surface area contributed by atoms with Gasteiger partial charge in [-0.05, 0) is 31.0 Å². The first-order valence-electron chi connectivity index (χ1n) is 9.92.